The number of benzene rings is 9. The predicted octanol–water partition coefficient (Wildman–Crippen LogP) is 12.7. The first-order valence-corrected chi connectivity index (χ1v) is 20.1. The minimum absolute atomic E-state index is 0.0163. The molecule has 2 heterocycles. The Labute approximate surface area is 335 Å². The van der Waals surface area contributed by atoms with E-state index in [1.807, 2.05) is 0 Å². The molecule has 270 valence electrons. The standard InChI is InChI=1S/C54H41BN2/c1-54(2,3)38-31-32-46-48(35-38)57(40-23-11-6-12-24-40)50-34-37(33-49-53(50)55(46)45-29-17-18-30-47(45)56(49)39-21-9-5-10-22-39)52-43-27-15-13-25-41(43)51(36-19-7-4-8-20-36)42-26-14-16-28-44(42)52/h4-35H,1-3H3. The van der Waals surface area contributed by atoms with Crippen molar-refractivity contribution in [1.82, 2.24) is 0 Å². The van der Waals surface area contributed by atoms with Crippen LogP contribution < -0.4 is 26.2 Å². The van der Waals surface area contributed by atoms with Crippen LogP contribution in [0.25, 0.3) is 43.8 Å². The lowest BCUT2D eigenvalue weighted by Crippen LogP contribution is -2.61. The van der Waals surface area contributed by atoms with Crippen molar-refractivity contribution in [1.29, 1.82) is 0 Å². The first-order chi connectivity index (χ1) is 28.0. The molecule has 2 nitrogen and oxygen atoms in total. The summed E-state index contributed by atoms with van der Waals surface area (Å²) in [5.74, 6) is 0. The Hall–Kier alpha value is -6.84. The van der Waals surface area contributed by atoms with Gasteiger partial charge in [0, 0.05) is 34.1 Å². The lowest BCUT2D eigenvalue weighted by molar-refractivity contribution is 0.590. The summed E-state index contributed by atoms with van der Waals surface area (Å²) in [4.78, 5) is 5.05. The van der Waals surface area contributed by atoms with E-state index in [4.69, 9.17) is 0 Å². The van der Waals surface area contributed by atoms with Crippen LogP contribution in [0.3, 0.4) is 0 Å². The molecule has 0 bridgehead atoms. The molecule has 11 rings (SSSR count). The molecular formula is C54H41BN2. The maximum atomic E-state index is 2.54. The van der Waals surface area contributed by atoms with E-state index in [2.05, 4.69) is 225 Å². The third-order valence-corrected chi connectivity index (χ3v) is 12.2. The maximum Gasteiger partial charge on any atom is 0.252 e. The van der Waals surface area contributed by atoms with E-state index in [0.29, 0.717) is 0 Å². The van der Waals surface area contributed by atoms with Crippen LogP contribution in [0, 0.1) is 0 Å². The highest BCUT2D eigenvalue weighted by Gasteiger charge is 2.44. The maximum absolute atomic E-state index is 2.54. The fraction of sp³-hybridized carbons (Fsp3) is 0.0741. The third kappa shape index (κ3) is 5.19. The molecule has 9 aromatic rings. The van der Waals surface area contributed by atoms with Gasteiger partial charge in [-0.1, -0.05) is 166 Å². The van der Waals surface area contributed by atoms with E-state index in [9.17, 15) is 0 Å². The van der Waals surface area contributed by atoms with Gasteiger partial charge in [-0.25, -0.2) is 0 Å². The second kappa shape index (κ2) is 12.9. The Morgan fingerprint density at radius 1 is 0.368 bits per heavy atom. The summed E-state index contributed by atoms with van der Waals surface area (Å²) in [5, 5.41) is 5.01. The molecular weight excluding hydrogens is 687 g/mol. The summed E-state index contributed by atoms with van der Waals surface area (Å²) >= 11 is 0. The van der Waals surface area contributed by atoms with Gasteiger partial charge in [0.15, 0.2) is 0 Å². The number of anilines is 6. The molecule has 0 atom stereocenters. The minimum atomic E-state index is -0.0163. The molecule has 2 aliphatic heterocycles. The Balaban J connectivity index is 1.30. The van der Waals surface area contributed by atoms with E-state index in [0.717, 1.165) is 11.4 Å². The van der Waals surface area contributed by atoms with Gasteiger partial charge >= 0.3 is 0 Å². The van der Waals surface area contributed by atoms with Gasteiger partial charge in [-0.05, 0) is 120 Å². The van der Waals surface area contributed by atoms with Gasteiger partial charge in [-0.3, -0.25) is 0 Å². The van der Waals surface area contributed by atoms with Gasteiger partial charge in [-0.2, -0.15) is 0 Å². The molecule has 57 heavy (non-hydrogen) atoms. The van der Waals surface area contributed by atoms with Crippen LogP contribution in [-0.2, 0) is 5.41 Å². The molecule has 0 saturated heterocycles. The average molecular weight is 729 g/mol. The van der Waals surface area contributed by atoms with Gasteiger partial charge in [0.25, 0.3) is 6.71 Å². The van der Waals surface area contributed by atoms with Crippen LogP contribution in [0.1, 0.15) is 26.3 Å². The van der Waals surface area contributed by atoms with E-state index in [1.165, 1.54) is 88.5 Å². The number of hydrogen-bond acceptors (Lipinski definition) is 2. The first-order valence-electron chi connectivity index (χ1n) is 20.1. The topological polar surface area (TPSA) is 6.48 Å². The van der Waals surface area contributed by atoms with Crippen molar-refractivity contribution in [2.24, 2.45) is 0 Å². The molecule has 3 heteroatoms. The number of rotatable bonds is 4. The Morgan fingerprint density at radius 2 is 0.807 bits per heavy atom. The van der Waals surface area contributed by atoms with Crippen molar-refractivity contribution in [2.75, 3.05) is 9.80 Å². The van der Waals surface area contributed by atoms with Gasteiger partial charge < -0.3 is 9.80 Å². The summed E-state index contributed by atoms with van der Waals surface area (Å²) in [6.07, 6.45) is 0. The van der Waals surface area contributed by atoms with Crippen LogP contribution >= 0.6 is 0 Å². The van der Waals surface area contributed by atoms with Crippen molar-refractivity contribution in [3.05, 3.63) is 200 Å². The van der Waals surface area contributed by atoms with E-state index < -0.39 is 0 Å². The van der Waals surface area contributed by atoms with Crippen LogP contribution in [-0.4, -0.2) is 6.71 Å². The molecule has 2 aliphatic rings. The molecule has 0 aliphatic carbocycles. The monoisotopic (exact) mass is 728 g/mol. The van der Waals surface area contributed by atoms with E-state index >= 15 is 0 Å². The quantitative estimate of drug-likeness (QED) is 0.132. The SMILES string of the molecule is CC(C)(C)c1ccc2c(c1)N(c1ccccc1)c1cc(-c3c4ccccc4c(-c4ccccc4)c4ccccc34)cc3c1B2c1ccccc1N3c1ccccc1. The summed E-state index contributed by atoms with van der Waals surface area (Å²) in [5.41, 5.74) is 17.4. The van der Waals surface area contributed by atoms with Crippen LogP contribution in [0.4, 0.5) is 34.1 Å². The second-order valence-corrected chi connectivity index (χ2v) is 16.5. The molecule has 9 aromatic carbocycles. The van der Waals surface area contributed by atoms with E-state index in [1.54, 1.807) is 0 Å². The van der Waals surface area contributed by atoms with Gasteiger partial charge in [0.2, 0.25) is 0 Å². The number of hydrogen-bond donors (Lipinski definition) is 0. The Bertz CT molecular complexity index is 2950. The van der Waals surface area contributed by atoms with Crippen molar-refractivity contribution < 1.29 is 0 Å². The molecule has 0 spiro atoms. The third-order valence-electron chi connectivity index (χ3n) is 12.2. The smallest absolute Gasteiger partial charge is 0.252 e. The zero-order valence-corrected chi connectivity index (χ0v) is 32.4. The summed E-state index contributed by atoms with van der Waals surface area (Å²) in [7, 11) is 0. The van der Waals surface area contributed by atoms with Crippen LogP contribution in [0.2, 0.25) is 0 Å². The summed E-state index contributed by atoms with van der Waals surface area (Å²) < 4.78 is 0. The number of para-hydroxylation sites is 3. The minimum Gasteiger partial charge on any atom is -0.311 e. The molecule has 0 saturated carbocycles. The molecule has 0 unspecified atom stereocenters. The normalized spacial score (nSPS) is 13.1. The van der Waals surface area contributed by atoms with Crippen molar-refractivity contribution in [2.45, 2.75) is 26.2 Å². The van der Waals surface area contributed by atoms with Gasteiger partial charge in [0.1, 0.15) is 0 Å². The zero-order valence-electron chi connectivity index (χ0n) is 32.4. The Kier molecular flexibility index (Phi) is 7.56. The summed E-state index contributed by atoms with van der Waals surface area (Å²) in [6.45, 7) is 7.00. The molecule has 0 aromatic heterocycles. The molecule has 0 amide bonds. The van der Waals surface area contributed by atoms with E-state index in [-0.39, 0.29) is 12.1 Å². The number of nitrogens with zero attached hydrogens (tertiary/aromatic N) is 2. The lowest BCUT2D eigenvalue weighted by atomic mass is 9.33. The van der Waals surface area contributed by atoms with Crippen LogP contribution in [0.15, 0.2) is 194 Å². The van der Waals surface area contributed by atoms with Crippen molar-refractivity contribution >= 4 is 78.8 Å². The van der Waals surface area contributed by atoms with Gasteiger partial charge in [0.05, 0.1) is 0 Å². The second-order valence-electron chi connectivity index (χ2n) is 16.5. The Morgan fingerprint density at radius 3 is 1.35 bits per heavy atom. The van der Waals surface area contributed by atoms with Crippen LogP contribution in [0.5, 0.6) is 0 Å². The highest BCUT2D eigenvalue weighted by Crippen LogP contribution is 2.49. The lowest BCUT2D eigenvalue weighted by Gasteiger charge is -2.45. The molecule has 0 radical (unpaired) electrons. The van der Waals surface area contributed by atoms with Crippen molar-refractivity contribution in [3.63, 3.8) is 0 Å². The predicted molar refractivity (Wildman–Crippen MR) is 245 cm³/mol. The summed E-state index contributed by atoms with van der Waals surface area (Å²) in [6, 6.07) is 72.1. The fourth-order valence-corrected chi connectivity index (χ4v) is 9.62. The zero-order chi connectivity index (χ0) is 38.3. The molecule has 0 fully saturated rings. The van der Waals surface area contributed by atoms with Crippen molar-refractivity contribution in [3.8, 4) is 22.3 Å². The number of fused-ring (bicyclic) bond motifs is 6. The highest BCUT2D eigenvalue weighted by atomic mass is 15.2. The fourth-order valence-electron chi connectivity index (χ4n) is 9.62. The first kappa shape index (κ1) is 33.5. The largest absolute Gasteiger partial charge is 0.311 e. The van der Waals surface area contributed by atoms with Gasteiger partial charge in [-0.15, -0.1) is 0 Å². The molecule has 0 N–H and O–H groups in total. The average Bonchev–Trinajstić information content (AvgIpc) is 3.25. The highest BCUT2D eigenvalue weighted by molar-refractivity contribution is 7.00.